The summed E-state index contributed by atoms with van der Waals surface area (Å²) in [6, 6.07) is 4.56. The lowest BCUT2D eigenvalue weighted by atomic mass is 9.98. The molecule has 1 aromatic heterocycles. The highest BCUT2D eigenvalue weighted by Crippen LogP contribution is 2.22. The van der Waals surface area contributed by atoms with Gasteiger partial charge in [0, 0.05) is 26.1 Å². The van der Waals surface area contributed by atoms with Crippen molar-refractivity contribution in [1.82, 2.24) is 9.55 Å². The highest BCUT2D eigenvalue weighted by molar-refractivity contribution is 5.16. The SMILES string of the molecule is CCCCCCCCCCCCC(C#N)c1cn(C)c(CCC#N)n1. The van der Waals surface area contributed by atoms with Crippen molar-refractivity contribution in [2.75, 3.05) is 0 Å². The average molecular weight is 343 g/mol. The molecule has 1 rings (SSSR count). The molecule has 0 saturated carbocycles. The Kier molecular flexibility index (Phi) is 11.4. The number of aryl methyl sites for hydroxylation is 2. The second-order valence-electron chi connectivity index (χ2n) is 7.00. The molecular weight excluding hydrogens is 308 g/mol. The number of nitrogens with zero attached hydrogens (tertiary/aromatic N) is 4. The van der Waals surface area contributed by atoms with E-state index in [-0.39, 0.29) is 5.92 Å². The normalized spacial score (nSPS) is 11.8. The van der Waals surface area contributed by atoms with Crippen LogP contribution in [0.5, 0.6) is 0 Å². The zero-order valence-electron chi connectivity index (χ0n) is 16.1. The van der Waals surface area contributed by atoms with Gasteiger partial charge in [-0.25, -0.2) is 4.98 Å². The maximum absolute atomic E-state index is 9.45. The highest BCUT2D eigenvalue weighted by atomic mass is 15.0. The minimum absolute atomic E-state index is 0.115. The van der Waals surface area contributed by atoms with E-state index in [2.05, 4.69) is 24.0 Å². The van der Waals surface area contributed by atoms with Crippen molar-refractivity contribution in [3.8, 4) is 12.1 Å². The molecule has 1 heterocycles. The molecule has 0 aromatic carbocycles. The molecule has 4 heteroatoms. The molecule has 1 atom stereocenters. The standard InChI is InChI=1S/C21H34N4/c1-3-4-5-6-7-8-9-10-11-12-14-19(17-23)20-18-25(2)21(24-20)15-13-16-22/h18-19H,3-15H2,1-2H3. The van der Waals surface area contributed by atoms with Crippen molar-refractivity contribution in [1.29, 1.82) is 10.5 Å². The first kappa shape index (κ1) is 21.2. The van der Waals surface area contributed by atoms with E-state index in [4.69, 9.17) is 5.26 Å². The predicted octanol–water partition coefficient (Wildman–Crippen LogP) is 5.79. The molecule has 0 fully saturated rings. The lowest BCUT2D eigenvalue weighted by molar-refractivity contribution is 0.542. The van der Waals surface area contributed by atoms with Gasteiger partial charge in [-0.05, 0) is 6.42 Å². The average Bonchev–Trinajstić information content (AvgIpc) is 2.98. The monoisotopic (exact) mass is 342 g/mol. The molecule has 1 unspecified atom stereocenters. The summed E-state index contributed by atoms with van der Waals surface area (Å²) < 4.78 is 1.95. The largest absolute Gasteiger partial charge is 0.338 e. The molecule has 0 saturated heterocycles. The Morgan fingerprint density at radius 3 is 2.16 bits per heavy atom. The second kappa shape index (κ2) is 13.5. The van der Waals surface area contributed by atoms with E-state index in [0.29, 0.717) is 12.8 Å². The molecule has 0 aliphatic carbocycles. The lowest BCUT2D eigenvalue weighted by Gasteiger charge is -2.06. The molecule has 0 aliphatic rings. The van der Waals surface area contributed by atoms with Gasteiger partial charge in [0.25, 0.3) is 0 Å². The molecule has 0 radical (unpaired) electrons. The number of imidazole rings is 1. The van der Waals surface area contributed by atoms with Crippen LogP contribution in [0.15, 0.2) is 6.20 Å². The number of hydrogen-bond donors (Lipinski definition) is 0. The summed E-state index contributed by atoms with van der Waals surface area (Å²) in [4.78, 5) is 4.57. The Hall–Kier alpha value is -1.81. The summed E-state index contributed by atoms with van der Waals surface area (Å²) in [5, 5.41) is 18.1. The van der Waals surface area contributed by atoms with Crippen LogP contribution in [0.2, 0.25) is 0 Å². The molecule has 4 nitrogen and oxygen atoms in total. The molecule has 0 N–H and O–H groups in total. The Bertz CT molecular complexity index is 547. The Balaban J connectivity index is 2.20. The smallest absolute Gasteiger partial charge is 0.109 e. The van der Waals surface area contributed by atoms with Gasteiger partial charge in [-0.3, -0.25) is 0 Å². The van der Waals surface area contributed by atoms with Crippen molar-refractivity contribution in [3.05, 3.63) is 17.7 Å². The summed E-state index contributed by atoms with van der Waals surface area (Å²) in [6.07, 6.45) is 17.1. The number of hydrogen-bond acceptors (Lipinski definition) is 3. The fourth-order valence-electron chi connectivity index (χ4n) is 3.21. The van der Waals surface area contributed by atoms with Gasteiger partial charge in [0.2, 0.25) is 0 Å². The number of unbranched alkanes of at least 4 members (excludes halogenated alkanes) is 9. The van der Waals surface area contributed by atoms with E-state index in [9.17, 15) is 5.26 Å². The first-order valence-corrected chi connectivity index (χ1v) is 10.0. The van der Waals surface area contributed by atoms with Crippen molar-refractivity contribution < 1.29 is 0 Å². The van der Waals surface area contributed by atoms with Gasteiger partial charge >= 0.3 is 0 Å². The predicted molar refractivity (Wildman–Crippen MR) is 102 cm³/mol. The van der Waals surface area contributed by atoms with Crippen molar-refractivity contribution in [2.45, 2.75) is 96.3 Å². The van der Waals surface area contributed by atoms with Crippen LogP contribution in [0.1, 0.15) is 101 Å². The van der Waals surface area contributed by atoms with E-state index >= 15 is 0 Å². The summed E-state index contributed by atoms with van der Waals surface area (Å²) in [5.41, 5.74) is 0.869. The third-order valence-electron chi connectivity index (χ3n) is 4.81. The number of aromatic nitrogens is 2. The van der Waals surface area contributed by atoms with Gasteiger partial charge in [0.05, 0.1) is 23.8 Å². The second-order valence-corrected chi connectivity index (χ2v) is 7.00. The van der Waals surface area contributed by atoms with Crippen LogP contribution in [0.3, 0.4) is 0 Å². The van der Waals surface area contributed by atoms with E-state index in [1.165, 1.54) is 57.8 Å². The minimum Gasteiger partial charge on any atom is -0.338 e. The van der Waals surface area contributed by atoms with Crippen LogP contribution in [0.25, 0.3) is 0 Å². The summed E-state index contributed by atoms with van der Waals surface area (Å²) >= 11 is 0. The molecule has 0 aliphatic heterocycles. The summed E-state index contributed by atoms with van der Waals surface area (Å²) in [6.45, 7) is 2.26. The first-order chi connectivity index (χ1) is 12.2. The molecule has 138 valence electrons. The van der Waals surface area contributed by atoms with E-state index in [0.717, 1.165) is 24.4 Å². The molecule has 0 bridgehead atoms. The van der Waals surface area contributed by atoms with Gasteiger partial charge in [-0.2, -0.15) is 10.5 Å². The van der Waals surface area contributed by atoms with Crippen LogP contribution in [-0.4, -0.2) is 9.55 Å². The topological polar surface area (TPSA) is 65.4 Å². The van der Waals surface area contributed by atoms with Gasteiger partial charge in [0.15, 0.2) is 0 Å². The van der Waals surface area contributed by atoms with Crippen LogP contribution in [0.4, 0.5) is 0 Å². The van der Waals surface area contributed by atoms with E-state index in [1.54, 1.807) is 0 Å². The van der Waals surface area contributed by atoms with Crippen molar-refractivity contribution >= 4 is 0 Å². The van der Waals surface area contributed by atoms with Gasteiger partial charge in [0.1, 0.15) is 5.82 Å². The Morgan fingerprint density at radius 1 is 1.00 bits per heavy atom. The lowest BCUT2D eigenvalue weighted by Crippen LogP contribution is -1.97. The van der Waals surface area contributed by atoms with Crippen LogP contribution in [-0.2, 0) is 13.5 Å². The first-order valence-electron chi connectivity index (χ1n) is 10.0. The van der Waals surface area contributed by atoms with Gasteiger partial charge < -0.3 is 4.57 Å². The third-order valence-corrected chi connectivity index (χ3v) is 4.81. The third kappa shape index (κ3) is 8.73. The number of rotatable bonds is 14. The zero-order valence-corrected chi connectivity index (χ0v) is 16.1. The molecule has 0 amide bonds. The Labute approximate surface area is 153 Å². The zero-order chi connectivity index (χ0) is 18.3. The number of nitriles is 2. The quantitative estimate of drug-likeness (QED) is 0.402. The fourth-order valence-corrected chi connectivity index (χ4v) is 3.21. The van der Waals surface area contributed by atoms with E-state index < -0.39 is 0 Å². The molecule has 1 aromatic rings. The molecule has 25 heavy (non-hydrogen) atoms. The maximum Gasteiger partial charge on any atom is 0.109 e. The summed E-state index contributed by atoms with van der Waals surface area (Å²) in [7, 11) is 1.94. The highest BCUT2D eigenvalue weighted by Gasteiger charge is 2.15. The Morgan fingerprint density at radius 2 is 1.60 bits per heavy atom. The minimum atomic E-state index is -0.115. The fraction of sp³-hybridized carbons (Fsp3) is 0.762. The summed E-state index contributed by atoms with van der Waals surface area (Å²) in [5.74, 6) is 0.788. The van der Waals surface area contributed by atoms with Crippen LogP contribution < -0.4 is 0 Å². The van der Waals surface area contributed by atoms with Crippen LogP contribution >= 0.6 is 0 Å². The molecular formula is C21H34N4. The van der Waals surface area contributed by atoms with Crippen molar-refractivity contribution in [2.24, 2.45) is 7.05 Å². The van der Waals surface area contributed by atoms with Gasteiger partial charge in [-0.1, -0.05) is 71.1 Å². The van der Waals surface area contributed by atoms with E-state index in [1.807, 2.05) is 17.8 Å². The molecule has 0 spiro atoms. The van der Waals surface area contributed by atoms with Crippen LogP contribution in [0, 0.1) is 22.7 Å². The van der Waals surface area contributed by atoms with Gasteiger partial charge in [-0.15, -0.1) is 0 Å². The van der Waals surface area contributed by atoms with Crippen molar-refractivity contribution in [3.63, 3.8) is 0 Å². The maximum atomic E-state index is 9.45.